The third-order valence-corrected chi connectivity index (χ3v) is 3.23. The predicted molar refractivity (Wildman–Crippen MR) is 61.5 cm³/mol. The summed E-state index contributed by atoms with van der Waals surface area (Å²) in [5, 5.41) is 10.7. The smallest absolute Gasteiger partial charge is 0.159 e. The maximum Gasteiger partial charge on any atom is 0.159 e. The van der Waals surface area contributed by atoms with Crippen molar-refractivity contribution in [1.82, 2.24) is 4.90 Å². The molecule has 4 heteroatoms. The van der Waals surface area contributed by atoms with Crippen LogP contribution < -0.4 is 0 Å². The summed E-state index contributed by atoms with van der Waals surface area (Å²) < 4.78 is 26.1. The number of hydrogen-bond acceptors (Lipinski definition) is 2. The molecular weight excluding hydrogens is 224 g/mol. The first-order valence-corrected chi connectivity index (χ1v) is 5.76. The molecule has 0 spiro atoms. The molecule has 0 bridgehead atoms. The zero-order chi connectivity index (χ0) is 12.6. The average molecular weight is 241 g/mol. The van der Waals surface area contributed by atoms with E-state index in [1.165, 1.54) is 6.07 Å². The molecule has 1 aromatic carbocycles. The minimum Gasteiger partial charge on any atom is -0.384 e. The molecule has 1 aromatic rings. The first kappa shape index (κ1) is 12.5. The summed E-state index contributed by atoms with van der Waals surface area (Å²) >= 11 is 0. The average Bonchev–Trinajstić information content (AvgIpc) is 3.04. The third kappa shape index (κ3) is 2.48. The van der Waals surface area contributed by atoms with Crippen molar-refractivity contribution in [3.05, 3.63) is 35.4 Å². The van der Waals surface area contributed by atoms with Crippen LogP contribution in [0, 0.1) is 17.6 Å². The van der Waals surface area contributed by atoms with Crippen LogP contribution in [-0.4, -0.2) is 30.6 Å². The Labute approximate surface area is 99.9 Å². The van der Waals surface area contributed by atoms with Gasteiger partial charge in [0.15, 0.2) is 11.6 Å². The summed E-state index contributed by atoms with van der Waals surface area (Å²) in [5.74, 6) is -1.63. The molecule has 17 heavy (non-hydrogen) atoms. The van der Waals surface area contributed by atoms with Crippen molar-refractivity contribution in [3.8, 4) is 0 Å². The SMILES string of the molecule is CN(C)CC(O)(c1ccc(F)c(F)c1)C1CC1. The minimum absolute atomic E-state index is 0.148. The molecule has 0 aliphatic heterocycles. The Morgan fingerprint density at radius 1 is 1.29 bits per heavy atom. The molecule has 1 atom stereocenters. The summed E-state index contributed by atoms with van der Waals surface area (Å²) in [7, 11) is 3.71. The number of aliphatic hydroxyl groups is 1. The molecule has 1 aliphatic rings. The zero-order valence-electron chi connectivity index (χ0n) is 10.1. The fourth-order valence-electron chi connectivity index (χ4n) is 2.26. The molecule has 0 heterocycles. The second-order valence-corrected chi connectivity index (χ2v) is 5.07. The van der Waals surface area contributed by atoms with Crippen LogP contribution in [0.4, 0.5) is 8.78 Å². The molecule has 0 saturated heterocycles. The second kappa shape index (κ2) is 4.35. The van der Waals surface area contributed by atoms with E-state index in [4.69, 9.17) is 0 Å². The quantitative estimate of drug-likeness (QED) is 0.873. The van der Waals surface area contributed by atoms with Gasteiger partial charge < -0.3 is 10.0 Å². The fourth-order valence-corrected chi connectivity index (χ4v) is 2.26. The molecule has 1 saturated carbocycles. The van der Waals surface area contributed by atoms with Crippen LogP contribution >= 0.6 is 0 Å². The largest absolute Gasteiger partial charge is 0.384 e. The molecule has 1 aliphatic carbocycles. The van der Waals surface area contributed by atoms with Gasteiger partial charge in [-0.05, 0) is 50.6 Å². The highest BCUT2D eigenvalue weighted by Gasteiger charge is 2.45. The normalized spacial score (nSPS) is 19.4. The Morgan fingerprint density at radius 2 is 1.94 bits per heavy atom. The molecule has 2 nitrogen and oxygen atoms in total. The highest BCUT2D eigenvalue weighted by atomic mass is 19.2. The van der Waals surface area contributed by atoms with E-state index in [9.17, 15) is 13.9 Å². The molecule has 1 unspecified atom stereocenters. The molecule has 1 N–H and O–H groups in total. The van der Waals surface area contributed by atoms with E-state index < -0.39 is 17.2 Å². The molecule has 2 rings (SSSR count). The fraction of sp³-hybridized carbons (Fsp3) is 0.538. The monoisotopic (exact) mass is 241 g/mol. The van der Waals surface area contributed by atoms with Crippen LogP contribution in [0.1, 0.15) is 18.4 Å². The van der Waals surface area contributed by atoms with Crippen LogP contribution in [0.15, 0.2) is 18.2 Å². The van der Waals surface area contributed by atoms with Gasteiger partial charge >= 0.3 is 0 Å². The molecule has 0 radical (unpaired) electrons. The van der Waals surface area contributed by atoms with E-state index in [0.717, 1.165) is 25.0 Å². The standard InChI is InChI=1S/C13H17F2NO/c1-16(2)8-13(17,9-3-4-9)10-5-6-11(14)12(15)7-10/h5-7,9,17H,3-4,8H2,1-2H3. The van der Waals surface area contributed by atoms with Crippen LogP contribution in [0.3, 0.4) is 0 Å². The number of likely N-dealkylation sites (N-methyl/N-ethyl adjacent to an activating group) is 1. The van der Waals surface area contributed by atoms with Gasteiger partial charge in [0.2, 0.25) is 0 Å². The van der Waals surface area contributed by atoms with E-state index in [-0.39, 0.29) is 5.92 Å². The molecule has 0 amide bonds. The lowest BCUT2D eigenvalue weighted by Crippen LogP contribution is -2.39. The van der Waals surface area contributed by atoms with Gasteiger partial charge in [-0.1, -0.05) is 6.07 Å². The van der Waals surface area contributed by atoms with Crippen molar-refractivity contribution in [2.24, 2.45) is 5.92 Å². The minimum atomic E-state index is -1.07. The highest BCUT2D eigenvalue weighted by Crippen LogP contribution is 2.46. The van der Waals surface area contributed by atoms with Crippen molar-refractivity contribution in [3.63, 3.8) is 0 Å². The van der Waals surface area contributed by atoms with Crippen LogP contribution in [-0.2, 0) is 5.60 Å². The zero-order valence-corrected chi connectivity index (χ0v) is 10.1. The number of halogens is 2. The molecule has 1 fully saturated rings. The van der Waals surface area contributed by atoms with E-state index >= 15 is 0 Å². The molecular formula is C13H17F2NO. The van der Waals surface area contributed by atoms with Crippen LogP contribution in [0.5, 0.6) is 0 Å². The lowest BCUT2D eigenvalue weighted by molar-refractivity contribution is -0.0103. The maximum atomic E-state index is 13.2. The number of benzene rings is 1. The maximum absolute atomic E-state index is 13.2. The molecule has 0 aromatic heterocycles. The van der Waals surface area contributed by atoms with Crippen molar-refractivity contribution in [2.45, 2.75) is 18.4 Å². The Morgan fingerprint density at radius 3 is 2.41 bits per heavy atom. The predicted octanol–water partition coefficient (Wildman–Crippen LogP) is 2.12. The lowest BCUT2D eigenvalue weighted by Gasteiger charge is -2.31. The summed E-state index contributed by atoms with van der Waals surface area (Å²) in [4.78, 5) is 1.86. The van der Waals surface area contributed by atoms with Gasteiger partial charge in [0.25, 0.3) is 0 Å². The van der Waals surface area contributed by atoms with Gasteiger partial charge in [-0.25, -0.2) is 8.78 Å². The van der Waals surface area contributed by atoms with Crippen molar-refractivity contribution in [2.75, 3.05) is 20.6 Å². The van der Waals surface area contributed by atoms with Gasteiger partial charge in [-0.2, -0.15) is 0 Å². The summed E-state index contributed by atoms with van der Waals surface area (Å²) in [6.45, 7) is 0.419. The van der Waals surface area contributed by atoms with E-state index in [2.05, 4.69) is 0 Å². The second-order valence-electron chi connectivity index (χ2n) is 5.07. The summed E-state index contributed by atoms with van der Waals surface area (Å²) in [6.07, 6.45) is 1.87. The molecule has 94 valence electrons. The van der Waals surface area contributed by atoms with Crippen molar-refractivity contribution < 1.29 is 13.9 Å². The Balaban J connectivity index is 2.34. The number of nitrogens with zero attached hydrogens (tertiary/aromatic N) is 1. The topological polar surface area (TPSA) is 23.5 Å². The van der Waals surface area contributed by atoms with Crippen molar-refractivity contribution >= 4 is 0 Å². The van der Waals surface area contributed by atoms with E-state index in [0.29, 0.717) is 12.1 Å². The van der Waals surface area contributed by atoms with Gasteiger partial charge in [-0.15, -0.1) is 0 Å². The van der Waals surface area contributed by atoms with E-state index in [1.807, 2.05) is 19.0 Å². The van der Waals surface area contributed by atoms with Gasteiger partial charge in [-0.3, -0.25) is 0 Å². The summed E-state index contributed by atoms with van der Waals surface area (Å²) in [6, 6.07) is 3.66. The first-order valence-electron chi connectivity index (χ1n) is 5.76. The van der Waals surface area contributed by atoms with Crippen molar-refractivity contribution in [1.29, 1.82) is 0 Å². The van der Waals surface area contributed by atoms with Crippen LogP contribution in [0.2, 0.25) is 0 Å². The highest BCUT2D eigenvalue weighted by molar-refractivity contribution is 5.27. The first-order chi connectivity index (χ1) is 7.93. The lowest BCUT2D eigenvalue weighted by atomic mass is 9.88. The van der Waals surface area contributed by atoms with E-state index in [1.54, 1.807) is 0 Å². The van der Waals surface area contributed by atoms with Gasteiger partial charge in [0.1, 0.15) is 5.60 Å². The Bertz CT molecular complexity index is 418. The number of hydrogen-bond donors (Lipinski definition) is 1. The van der Waals surface area contributed by atoms with Gasteiger partial charge in [0.05, 0.1) is 0 Å². The van der Waals surface area contributed by atoms with Crippen LogP contribution in [0.25, 0.3) is 0 Å². The summed E-state index contributed by atoms with van der Waals surface area (Å²) in [5.41, 5.74) is -0.606. The Hall–Kier alpha value is -1.00. The third-order valence-electron chi connectivity index (χ3n) is 3.23. The van der Waals surface area contributed by atoms with Gasteiger partial charge in [0, 0.05) is 6.54 Å². The Kier molecular flexibility index (Phi) is 3.19. The number of rotatable bonds is 4.